The molecule has 1 aliphatic rings. The van der Waals surface area contributed by atoms with E-state index >= 15 is 0 Å². The van der Waals surface area contributed by atoms with Crippen LogP contribution < -0.4 is 0 Å². The SMILES string of the molecule is CCOC(=O)c1[nH]c(C(CC2CCCC2)c2ccc(S(C)(=O)=O)cc2)cc1C. The second-order valence-electron chi connectivity index (χ2n) is 7.78. The molecule has 28 heavy (non-hydrogen) atoms. The number of ether oxygens (including phenoxy) is 1. The van der Waals surface area contributed by atoms with Crippen LogP contribution in [0.4, 0.5) is 0 Å². The zero-order valence-corrected chi connectivity index (χ0v) is 17.6. The zero-order valence-electron chi connectivity index (χ0n) is 16.8. The molecular weight excluding hydrogens is 374 g/mol. The van der Waals surface area contributed by atoms with Crippen LogP contribution in [0, 0.1) is 12.8 Å². The highest BCUT2D eigenvalue weighted by Gasteiger charge is 2.26. The van der Waals surface area contributed by atoms with E-state index in [0.717, 1.165) is 23.2 Å². The zero-order chi connectivity index (χ0) is 20.3. The van der Waals surface area contributed by atoms with E-state index in [0.29, 0.717) is 23.1 Å². The summed E-state index contributed by atoms with van der Waals surface area (Å²) in [5, 5.41) is 0. The van der Waals surface area contributed by atoms with Gasteiger partial charge < -0.3 is 9.72 Å². The summed E-state index contributed by atoms with van der Waals surface area (Å²) in [6.45, 7) is 4.04. The highest BCUT2D eigenvalue weighted by molar-refractivity contribution is 7.90. The summed E-state index contributed by atoms with van der Waals surface area (Å²) >= 11 is 0. The number of rotatable bonds is 7. The van der Waals surface area contributed by atoms with Crippen LogP contribution in [0.25, 0.3) is 0 Å². The van der Waals surface area contributed by atoms with Gasteiger partial charge in [0.1, 0.15) is 5.69 Å². The predicted molar refractivity (Wildman–Crippen MR) is 109 cm³/mol. The summed E-state index contributed by atoms with van der Waals surface area (Å²) in [5.74, 6) is 0.408. The quantitative estimate of drug-likeness (QED) is 0.685. The Kier molecular flexibility index (Phi) is 6.28. The van der Waals surface area contributed by atoms with Crippen molar-refractivity contribution in [2.24, 2.45) is 5.92 Å². The fourth-order valence-electron chi connectivity index (χ4n) is 4.16. The van der Waals surface area contributed by atoms with E-state index in [1.165, 1.54) is 31.9 Å². The van der Waals surface area contributed by atoms with Crippen LogP contribution in [-0.4, -0.2) is 32.2 Å². The van der Waals surface area contributed by atoms with Crippen LogP contribution in [0.15, 0.2) is 35.2 Å². The molecule has 6 heteroatoms. The summed E-state index contributed by atoms with van der Waals surface area (Å²) in [7, 11) is -3.22. The number of hydrogen-bond acceptors (Lipinski definition) is 4. The lowest BCUT2D eigenvalue weighted by molar-refractivity contribution is 0.0519. The lowest BCUT2D eigenvalue weighted by atomic mass is 9.85. The molecule has 0 radical (unpaired) electrons. The van der Waals surface area contributed by atoms with E-state index in [9.17, 15) is 13.2 Å². The standard InChI is InChI=1S/C22H29NO4S/c1-4-27-22(24)21-15(2)13-20(23-21)19(14-16-7-5-6-8-16)17-9-11-18(12-10-17)28(3,25)26/h9-13,16,19,23H,4-8,14H2,1-3H3. The van der Waals surface area contributed by atoms with Gasteiger partial charge in [0.25, 0.3) is 0 Å². The van der Waals surface area contributed by atoms with Crippen LogP contribution in [0.5, 0.6) is 0 Å². The molecule has 1 aromatic carbocycles. The van der Waals surface area contributed by atoms with Gasteiger partial charge in [-0.25, -0.2) is 13.2 Å². The second-order valence-corrected chi connectivity index (χ2v) is 9.80. The van der Waals surface area contributed by atoms with Crippen LogP contribution >= 0.6 is 0 Å². The van der Waals surface area contributed by atoms with Crippen LogP contribution in [0.3, 0.4) is 0 Å². The van der Waals surface area contributed by atoms with Crippen molar-refractivity contribution in [1.29, 1.82) is 0 Å². The third kappa shape index (κ3) is 4.66. The number of esters is 1. The number of H-pyrrole nitrogens is 1. The Hall–Kier alpha value is -2.08. The average Bonchev–Trinajstić information content (AvgIpc) is 3.29. The van der Waals surface area contributed by atoms with E-state index in [2.05, 4.69) is 4.98 Å². The number of benzene rings is 1. The molecule has 5 nitrogen and oxygen atoms in total. The van der Waals surface area contributed by atoms with Gasteiger partial charge in [0.15, 0.2) is 9.84 Å². The van der Waals surface area contributed by atoms with Crippen molar-refractivity contribution in [2.75, 3.05) is 12.9 Å². The van der Waals surface area contributed by atoms with Gasteiger partial charge in [-0.05, 0) is 55.5 Å². The fraction of sp³-hybridized carbons (Fsp3) is 0.500. The van der Waals surface area contributed by atoms with Gasteiger partial charge >= 0.3 is 5.97 Å². The smallest absolute Gasteiger partial charge is 0.355 e. The number of nitrogens with one attached hydrogen (secondary N) is 1. The molecule has 1 saturated carbocycles. The van der Waals surface area contributed by atoms with Crippen molar-refractivity contribution < 1.29 is 17.9 Å². The number of hydrogen-bond donors (Lipinski definition) is 1. The lowest BCUT2D eigenvalue weighted by Gasteiger charge is -2.20. The molecule has 0 spiro atoms. The maximum Gasteiger partial charge on any atom is 0.355 e. The van der Waals surface area contributed by atoms with Gasteiger partial charge in [-0.1, -0.05) is 37.8 Å². The van der Waals surface area contributed by atoms with Crippen LogP contribution in [0.2, 0.25) is 0 Å². The van der Waals surface area contributed by atoms with Gasteiger partial charge in [0.2, 0.25) is 0 Å². The number of sulfone groups is 1. The first-order valence-electron chi connectivity index (χ1n) is 9.96. The fourth-order valence-corrected chi connectivity index (χ4v) is 4.79. The predicted octanol–water partition coefficient (Wildman–Crippen LogP) is 4.62. The van der Waals surface area contributed by atoms with Crippen molar-refractivity contribution in [3.63, 3.8) is 0 Å². The van der Waals surface area contributed by atoms with Crippen molar-refractivity contribution in [3.05, 3.63) is 52.8 Å². The number of aromatic nitrogens is 1. The molecule has 1 aromatic heterocycles. The molecule has 2 aromatic rings. The molecule has 152 valence electrons. The van der Waals surface area contributed by atoms with E-state index in [4.69, 9.17) is 4.74 Å². The van der Waals surface area contributed by atoms with Crippen molar-refractivity contribution in [3.8, 4) is 0 Å². The minimum atomic E-state index is -3.22. The van der Waals surface area contributed by atoms with E-state index in [-0.39, 0.29) is 11.9 Å². The molecule has 0 aliphatic heterocycles. The monoisotopic (exact) mass is 403 g/mol. The molecule has 1 aliphatic carbocycles. The van der Waals surface area contributed by atoms with E-state index < -0.39 is 9.84 Å². The maximum absolute atomic E-state index is 12.2. The first kappa shape index (κ1) is 20.6. The summed E-state index contributed by atoms with van der Waals surface area (Å²) in [5.41, 5.74) is 3.43. The molecule has 0 amide bonds. The summed E-state index contributed by atoms with van der Waals surface area (Å²) in [6, 6.07) is 9.17. The van der Waals surface area contributed by atoms with Crippen LogP contribution in [0.1, 0.15) is 72.3 Å². The molecule has 1 unspecified atom stereocenters. The third-order valence-electron chi connectivity index (χ3n) is 5.65. The van der Waals surface area contributed by atoms with Gasteiger partial charge in [0, 0.05) is 17.9 Å². The lowest BCUT2D eigenvalue weighted by Crippen LogP contribution is -2.10. The first-order valence-corrected chi connectivity index (χ1v) is 11.9. The summed E-state index contributed by atoms with van der Waals surface area (Å²) in [6.07, 6.45) is 7.19. The average molecular weight is 404 g/mol. The molecule has 1 atom stereocenters. The minimum absolute atomic E-state index is 0.0959. The molecule has 3 rings (SSSR count). The molecule has 1 N–H and O–H groups in total. The Morgan fingerprint density at radius 2 is 1.86 bits per heavy atom. The van der Waals surface area contributed by atoms with Gasteiger partial charge in [0.05, 0.1) is 11.5 Å². The van der Waals surface area contributed by atoms with Gasteiger partial charge in [-0.3, -0.25) is 0 Å². The molecule has 1 heterocycles. The van der Waals surface area contributed by atoms with Crippen molar-refractivity contribution >= 4 is 15.8 Å². The third-order valence-corrected chi connectivity index (χ3v) is 6.77. The summed E-state index contributed by atoms with van der Waals surface area (Å²) in [4.78, 5) is 15.8. The van der Waals surface area contributed by atoms with E-state index in [1.54, 1.807) is 19.1 Å². The number of carbonyl (C=O) groups is 1. The number of carbonyl (C=O) groups excluding carboxylic acids is 1. The molecular formula is C22H29NO4S. The van der Waals surface area contributed by atoms with Crippen LogP contribution in [-0.2, 0) is 14.6 Å². The second kappa shape index (κ2) is 8.52. The largest absolute Gasteiger partial charge is 0.461 e. The van der Waals surface area contributed by atoms with Crippen molar-refractivity contribution in [2.45, 2.75) is 56.8 Å². The normalized spacial score (nSPS) is 16.2. The molecule has 0 saturated heterocycles. The number of aryl methyl sites for hydroxylation is 1. The number of aromatic amines is 1. The van der Waals surface area contributed by atoms with Gasteiger partial charge in [-0.2, -0.15) is 0 Å². The highest BCUT2D eigenvalue weighted by atomic mass is 32.2. The Labute approximate surface area is 167 Å². The summed E-state index contributed by atoms with van der Waals surface area (Å²) < 4.78 is 28.7. The Bertz CT molecular complexity index is 922. The van der Waals surface area contributed by atoms with Gasteiger partial charge in [-0.15, -0.1) is 0 Å². The molecule has 0 bridgehead atoms. The first-order chi connectivity index (χ1) is 13.3. The minimum Gasteiger partial charge on any atom is -0.461 e. The Balaban J connectivity index is 1.95. The maximum atomic E-state index is 12.2. The topological polar surface area (TPSA) is 76.2 Å². The Morgan fingerprint density at radius 3 is 2.43 bits per heavy atom. The van der Waals surface area contributed by atoms with Crippen molar-refractivity contribution in [1.82, 2.24) is 4.98 Å². The van der Waals surface area contributed by atoms with E-state index in [1.807, 2.05) is 25.1 Å². The highest BCUT2D eigenvalue weighted by Crippen LogP contribution is 2.38. The Morgan fingerprint density at radius 1 is 1.21 bits per heavy atom. The molecule has 1 fully saturated rings.